The molecule has 0 amide bonds. The summed E-state index contributed by atoms with van der Waals surface area (Å²) in [6, 6.07) is 4.78. The van der Waals surface area contributed by atoms with Gasteiger partial charge in [-0.3, -0.25) is 0 Å². The van der Waals surface area contributed by atoms with E-state index in [1.54, 1.807) is 13.0 Å². The van der Waals surface area contributed by atoms with E-state index < -0.39 is 17.6 Å². The average molecular weight is 293 g/mol. The number of nitrogens with zero attached hydrogens (tertiary/aromatic N) is 2. The molecule has 0 spiro atoms. The number of ether oxygens (including phenoxy) is 1. The van der Waals surface area contributed by atoms with E-state index in [-0.39, 0.29) is 17.9 Å². The summed E-state index contributed by atoms with van der Waals surface area (Å²) >= 11 is 0. The van der Waals surface area contributed by atoms with Gasteiger partial charge in [0.25, 0.3) is 0 Å². The van der Waals surface area contributed by atoms with Crippen LogP contribution in [0.1, 0.15) is 21.9 Å². The van der Waals surface area contributed by atoms with E-state index in [0.717, 1.165) is 18.2 Å². The number of carbonyl (C=O) groups excluding carboxylic acids is 1. The molecule has 0 unspecified atom stereocenters. The number of aryl methyl sites for hydroxylation is 1. The lowest BCUT2D eigenvalue weighted by molar-refractivity contribution is 0.0586. The molecule has 0 bridgehead atoms. The maximum absolute atomic E-state index is 13.5. The lowest BCUT2D eigenvalue weighted by Gasteiger charge is -2.08. The highest BCUT2D eigenvalue weighted by Gasteiger charge is 2.12. The molecule has 110 valence electrons. The van der Waals surface area contributed by atoms with Gasteiger partial charge in [0.05, 0.1) is 7.11 Å². The molecule has 7 heteroatoms. The summed E-state index contributed by atoms with van der Waals surface area (Å²) in [5.41, 5.74) is 0.707. The van der Waals surface area contributed by atoms with E-state index in [1.165, 1.54) is 7.11 Å². The van der Waals surface area contributed by atoms with E-state index >= 15 is 0 Å². The van der Waals surface area contributed by atoms with Crippen LogP contribution in [0.25, 0.3) is 0 Å². The number of methoxy groups -OCH3 is 1. The van der Waals surface area contributed by atoms with Crippen LogP contribution in [0.2, 0.25) is 0 Å². The van der Waals surface area contributed by atoms with Crippen LogP contribution in [0, 0.1) is 18.6 Å². The van der Waals surface area contributed by atoms with Gasteiger partial charge in [-0.2, -0.15) is 0 Å². The molecule has 2 aromatic rings. The molecule has 1 N–H and O–H groups in total. The van der Waals surface area contributed by atoms with Gasteiger partial charge >= 0.3 is 5.97 Å². The van der Waals surface area contributed by atoms with Gasteiger partial charge in [0.1, 0.15) is 17.5 Å². The van der Waals surface area contributed by atoms with Gasteiger partial charge in [0.2, 0.25) is 5.82 Å². The van der Waals surface area contributed by atoms with Crippen LogP contribution in [0.15, 0.2) is 24.3 Å². The van der Waals surface area contributed by atoms with Gasteiger partial charge in [0.15, 0.2) is 0 Å². The Labute approximate surface area is 120 Å². The Hall–Kier alpha value is -2.57. The molecular weight excluding hydrogens is 280 g/mol. The topological polar surface area (TPSA) is 64.1 Å². The predicted octanol–water partition coefficient (Wildman–Crippen LogP) is 2.46. The summed E-state index contributed by atoms with van der Waals surface area (Å²) in [6.07, 6.45) is 0. The van der Waals surface area contributed by atoms with Gasteiger partial charge in [-0.05, 0) is 25.1 Å². The normalized spacial score (nSPS) is 10.3. The third-order valence-electron chi connectivity index (χ3n) is 2.69. The first-order valence-corrected chi connectivity index (χ1v) is 6.11. The van der Waals surface area contributed by atoms with Crippen LogP contribution in [0.3, 0.4) is 0 Å². The van der Waals surface area contributed by atoms with Crippen LogP contribution in [-0.4, -0.2) is 23.0 Å². The minimum Gasteiger partial charge on any atom is -0.463 e. The van der Waals surface area contributed by atoms with Crippen LogP contribution >= 0.6 is 0 Å². The molecule has 1 heterocycles. The minimum absolute atomic E-state index is 0.0284. The molecule has 21 heavy (non-hydrogen) atoms. The standard InChI is InChI=1S/C14H13F2N3O2/c1-8-5-12(19-13(18-8)14(20)21-2)17-7-9-6-10(15)3-4-11(9)16/h3-6H,7H2,1-2H3,(H,17,18,19). The van der Waals surface area contributed by atoms with Gasteiger partial charge in [-0.15, -0.1) is 0 Å². The lowest BCUT2D eigenvalue weighted by Crippen LogP contribution is -2.11. The summed E-state index contributed by atoms with van der Waals surface area (Å²) in [4.78, 5) is 19.3. The third kappa shape index (κ3) is 3.71. The Kier molecular flexibility index (Phi) is 4.42. The number of halogens is 2. The number of aromatic nitrogens is 2. The summed E-state index contributed by atoms with van der Waals surface area (Å²) in [7, 11) is 1.23. The van der Waals surface area contributed by atoms with Gasteiger partial charge in [-0.1, -0.05) is 0 Å². The van der Waals surface area contributed by atoms with Crippen molar-refractivity contribution >= 4 is 11.8 Å². The zero-order valence-electron chi connectivity index (χ0n) is 11.5. The second-order valence-electron chi connectivity index (χ2n) is 4.30. The molecule has 0 saturated carbocycles. The lowest BCUT2D eigenvalue weighted by atomic mass is 10.2. The van der Waals surface area contributed by atoms with E-state index in [2.05, 4.69) is 20.0 Å². The van der Waals surface area contributed by atoms with Crippen molar-refractivity contribution < 1.29 is 18.3 Å². The van der Waals surface area contributed by atoms with Crippen LogP contribution in [0.4, 0.5) is 14.6 Å². The molecular formula is C14H13F2N3O2. The second-order valence-corrected chi connectivity index (χ2v) is 4.30. The highest BCUT2D eigenvalue weighted by atomic mass is 19.1. The van der Waals surface area contributed by atoms with Crippen molar-refractivity contribution in [1.29, 1.82) is 0 Å². The summed E-state index contributed by atoms with van der Waals surface area (Å²) in [5, 5.41) is 2.82. The molecule has 0 atom stereocenters. The average Bonchev–Trinajstić information content (AvgIpc) is 2.46. The first-order valence-electron chi connectivity index (χ1n) is 6.11. The van der Waals surface area contributed by atoms with Crippen LogP contribution in [0.5, 0.6) is 0 Å². The smallest absolute Gasteiger partial charge is 0.376 e. The molecule has 0 aliphatic heterocycles. The van der Waals surface area contributed by atoms with Gasteiger partial charge in [0, 0.05) is 23.9 Å². The van der Waals surface area contributed by atoms with E-state index in [9.17, 15) is 13.6 Å². The van der Waals surface area contributed by atoms with Crippen molar-refractivity contribution in [3.63, 3.8) is 0 Å². The van der Waals surface area contributed by atoms with Crippen molar-refractivity contribution in [2.24, 2.45) is 0 Å². The number of esters is 1. The summed E-state index contributed by atoms with van der Waals surface area (Å²) < 4.78 is 31.1. The van der Waals surface area contributed by atoms with Crippen LogP contribution < -0.4 is 5.32 Å². The number of anilines is 1. The number of benzene rings is 1. The number of hydrogen-bond acceptors (Lipinski definition) is 5. The zero-order valence-corrected chi connectivity index (χ0v) is 11.5. The Morgan fingerprint density at radius 2 is 2.05 bits per heavy atom. The highest BCUT2D eigenvalue weighted by molar-refractivity contribution is 5.85. The van der Waals surface area contributed by atoms with Crippen molar-refractivity contribution in [2.75, 3.05) is 12.4 Å². The number of nitrogens with one attached hydrogen (secondary N) is 1. The maximum Gasteiger partial charge on any atom is 0.376 e. The van der Waals surface area contributed by atoms with E-state index in [4.69, 9.17) is 0 Å². The molecule has 0 aliphatic rings. The van der Waals surface area contributed by atoms with Gasteiger partial charge < -0.3 is 10.1 Å². The first-order chi connectivity index (χ1) is 9.99. The Balaban J connectivity index is 2.18. The Morgan fingerprint density at radius 3 is 2.76 bits per heavy atom. The number of hydrogen-bond donors (Lipinski definition) is 1. The summed E-state index contributed by atoms with van der Waals surface area (Å²) in [6.45, 7) is 1.71. The zero-order chi connectivity index (χ0) is 15.4. The second kappa shape index (κ2) is 6.25. The quantitative estimate of drug-likeness (QED) is 0.877. The monoisotopic (exact) mass is 293 g/mol. The molecule has 1 aromatic heterocycles. The molecule has 0 radical (unpaired) electrons. The first kappa shape index (κ1) is 14.8. The largest absolute Gasteiger partial charge is 0.463 e. The Bertz CT molecular complexity index is 677. The van der Waals surface area contributed by atoms with Crippen molar-refractivity contribution in [3.8, 4) is 0 Å². The molecule has 0 aliphatic carbocycles. The third-order valence-corrected chi connectivity index (χ3v) is 2.69. The van der Waals surface area contributed by atoms with Crippen molar-refractivity contribution in [1.82, 2.24) is 9.97 Å². The van der Waals surface area contributed by atoms with Crippen LogP contribution in [-0.2, 0) is 11.3 Å². The molecule has 2 rings (SSSR count). The fourth-order valence-corrected chi connectivity index (χ4v) is 1.71. The Morgan fingerprint density at radius 1 is 1.29 bits per heavy atom. The fraction of sp³-hybridized carbons (Fsp3) is 0.214. The SMILES string of the molecule is COC(=O)c1nc(C)cc(NCc2cc(F)ccc2F)n1. The minimum atomic E-state index is -0.668. The highest BCUT2D eigenvalue weighted by Crippen LogP contribution is 2.13. The fourth-order valence-electron chi connectivity index (χ4n) is 1.71. The van der Waals surface area contributed by atoms with E-state index in [1.807, 2.05) is 0 Å². The van der Waals surface area contributed by atoms with Crippen molar-refractivity contribution in [2.45, 2.75) is 13.5 Å². The maximum atomic E-state index is 13.5. The number of rotatable bonds is 4. The molecule has 0 saturated heterocycles. The van der Waals surface area contributed by atoms with Gasteiger partial charge in [-0.25, -0.2) is 23.5 Å². The summed E-state index contributed by atoms with van der Waals surface area (Å²) in [5.74, 6) is -1.49. The van der Waals surface area contributed by atoms with E-state index in [0.29, 0.717) is 11.5 Å². The predicted molar refractivity (Wildman–Crippen MR) is 71.8 cm³/mol. The molecule has 5 nitrogen and oxygen atoms in total. The van der Waals surface area contributed by atoms with Crippen molar-refractivity contribution in [3.05, 3.63) is 53.0 Å². The number of carbonyl (C=O) groups is 1. The molecule has 1 aromatic carbocycles. The molecule has 0 fully saturated rings.